The summed E-state index contributed by atoms with van der Waals surface area (Å²) < 4.78 is 5.23. The number of nitrogens with zero attached hydrogens (tertiary/aromatic N) is 1. The summed E-state index contributed by atoms with van der Waals surface area (Å²) in [6.07, 6.45) is 0. The van der Waals surface area contributed by atoms with Crippen LogP contribution in [0.15, 0.2) is 48.5 Å². The minimum Gasteiger partial charge on any atom is -0.497 e. The first kappa shape index (κ1) is 12.4. The standard InChI is InChI=1S/C17H16N2O2/c1-21-13-8-6-12(7-9-13)17-15-5-3-2-4-14(15)16(20)19(17)11-10-18-17/h2-9,18H,10-11H2,1H3/t17-/m1/s1. The normalized spacial score (nSPS) is 23.1. The number of carbonyl (C=O) groups is 1. The molecule has 106 valence electrons. The Labute approximate surface area is 123 Å². The molecule has 1 amide bonds. The Hall–Kier alpha value is -2.33. The number of hydrogen-bond donors (Lipinski definition) is 1. The lowest BCUT2D eigenvalue weighted by Gasteiger charge is -2.33. The molecule has 2 aliphatic heterocycles. The molecule has 2 heterocycles. The Bertz CT molecular complexity index is 711. The van der Waals surface area contributed by atoms with Gasteiger partial charge < -0.3 is 9.64 Å². The number of carbonyl (C=O) groups excluding carboxylic acids is 1. The van der Waals surface area contributed by atoms with Crippen molar-refractivity contribution in [1.29, 1.82) is 0 Å². The van der Waals surface area contributed by atoms with Crippen LogP contribution < -0.4 is 10.1 Å². The van der Waals surface area contributed by atoms with E-state index in [0.717, 1.165) is 35.5 Å². The first-order valence-electron chi connectivity index (χ1n) is 7.08. The third-order valence-corrected chi connectivity index (χ3v) is 4.42. The Kier molecular flexibility index (Phi) is 2.56. The predicted molar refractivity (Wildman–Crippen MR) is 79.3 cm³/mol. The summed E-state index contributed by atoms with van der Waals surface area (Å²) in [6, 6.07) is 15.8. The molecule has 0 saturated carbocycles. The van der Waals surface area contributed by atoms with Gasteiger partial charge in [-0.3, -0.25) is 10.1 Å². The fraction of sp³-hybridized carbons (Fsp3) is 0.235. The first-order valence-corrected chi connectivity index (χ1v) is 7.08. The van der Waals surface area contributed by atoms with Crippen LogP contribution in [0.1, 0.15) is 21.5 Å². The van der Waals surface area contributed by atoms with E-state index in [1.54, 1.807) is 7.11 Å². The lowest BCUT2D eigenvalue weighted by Crippen LogP contribution is -2.46. The molecule has 0 bridgehead atoms. The summed E-state index contributed by atoms with van der Waals surface area (Å²) in [5.74, 6) is 0.920. The minimum absolute atomic E-state index is 0.103. The molecule has 1 atom stereocenters. The Morgan fingerprint density at radius 3 is 2.67 bits per heavy atom. The lowest BCUT2D eigenvalue weighted by molar-refractivity contribution is 0.0694. The Morgan fingerprint density at radius 2 is 1.90 bits per heavy atom. The van der Waals surface area contributed by atoms with Gasteiger partial charge in [0.1, 0.15) is 11.4 Å². The highest BCUT2D eigenvalue weighted by Gasteiger charge is 2.53. The van der Waals surface area contributed by atoms with E-state index in [9.17, 15) is 4.79 Å². The van der Waals surface area contributed by atoms with Crippen LogP contribution in [0.5, 0.6) is 5.75 Å². The van der Waals surface area contributed by atoms with Gasteiger partial charge in [-0.05, 0) is 23.8 Å². The molecule has 2 aromatic carbocycles. The number of fused-ring (bicyclic) bond motifs is 3. The van der Waals surface area contributed by atoms with Crippen molar-refractivity contribution in [2.45, 2.75) is 5.66 Å². The molecule has 0 unspecified atom stereocenters. The molecule has 4 rings (SSSR count). The third-order valence-electron chi connectivity index (χ3n) is 4.42. The van der Waals surface area contributed by atoms with Crippen molar-refractivity contribution in [3.63, 3.8) is 0 Å². The average Bonchev–Trinajstić information content (AvgIpc) is 3.08. The quantitative estimate of drug-likeness (QED) is 0.914. The number of rotatable bonds is 2. The van der Waals surface area contributed by atoms with Gasteiger partial charge in [-0.2, -0.15) is 0 Å². The van der Waals surface area contributed by atoms with Crippen molar-refractivity contribution in [2.24, 2.45) is 0 Å². The molecular formula is C17H16N2O2. The van der Waals surface area contributed by atoms with Crippen molar-refractivity contribution in [3.05, 3.63) is 65.2 Å². The van der Waals surface area contributed by atoms with Crippen LogP contribution in [0, 0.1) is 0 Å². The van der Waals surface area contributed by atoms with E-state index in [4.69, 9.17) is 4.74 Å². The van der Waals surface area contributed by atoms with Crippen LogP contribution in [0.25, 0.3) is 0 Å². The van der Waals surface area contributed by atoms with Crippen molar-refractivity contribution in [2.75, 3.05) is 20.2 Å². The fourth-order valence-electron chi connectivity index (χ4n) is 3.48. The van der Waals surface area contributed by atoms with E-state index in [0.29, 0.717) is 0 Å². The fourth-order valence-corrected chi connectivity index (χ4v) is 3.48. The van der Waals surface area contributed by atoms with Crippen LogP contribution in [0.4, 0.5) is 0 Å². The summed E-state index contributed by atoms with van der Waals surface area (Å²) in [7, 11) is 1.65. The minimum atomic E-state index is -0.528. The molecule has 1 N–H and O–H groups in total. The highest BCUT2D eigenvalue weighted by Crippen LogP contribution is 2.44. The molecular weight excluding hydrogens is 264 g/mol. The van der Waals surface area contributed by atoms with Gasteiger partial charge in [0.05, 0.1) is 7.11 Å². The van der Waals surface area contributed by atoms with Crippen LogP contribution in [-0.4, -0.2) is 31.0 Å². The van der Waals surface area contributed by atoms with Gasteiger partial charge in [0.2, 0.25) is 0 Å². The molecule has 1 fully saturated rings. The van der Waals surface area contributed by atoms with Gasteiger partial charge >= 0.3 is 0 Å². The monoisotopic (exact) mass is 280 g/mol. The van der Waals surface area contributed by atoms with Gasteiger partial charge in [-0.15, -0.1) is 0 Å². The van der Waals surface area contributed by atoms with E-state index in [1.165, 1.54) is 0 Å². The maximum atomic E-state index is 12.6. The Morgan fingerprint density at radius 1 is 1.14 bits per heavy atom. The average molecular weight is 280 g/mol. The highest BCUT2D eigenvalue weighted by molar-refractivity contribution is 6.01. The SMILES string of the molecule is COc1ccc([C@@]23NCCN2C(=O)c2ccccc23)cc1. The summed E-state index contributed by atoms with van der Waals surface area (Å²) in [4.78, 5) is 14.6. The molecule has 2 aliphatic rings. The second-order valence-corrected chi connectivity index (χ2v) is 5.37. The topological polar surface area (TPSA) is 41.6 Å². The molecule has 0 radical (unpaired) electrons. The first-order chi connectivity index (χ1) is 10.3. The highest BCUT2D eigenvalue weighted by atomic mass is 16.5. The van der Waals surface area contributed by atoms with Gasteiger partial charge in [0.15, 0.2) is 0 Å². The van der Waals surface area contributed by atoms with Crippen molar-refractivity contribution < 1.29 is 9.53 Å². The molecule has 2 aromatic rings. The zero-order valence-corrected chi connectivity index (χ0v) is 11.8. The Balaban J connectivity index is 1.93. The van der Waals surface area contributed by atoms with Crippen LogP contribution in [0.2, 0.25) is 0 Å². The molecule has 0 spiro atoms. The van der Waals surface area contributed by atoms with Crippen molar-refractivity contribution in [1.82, 2.24) is 10.2 Å². The summed E-state index contributed by atoms with van der Waals surface area (Å²) in [5.41, 5.74) is 2.37. The predicted octanol–water partition coefficient (Wildman–Crippen LogP) is 1.96. The number of amides is 1. The molecule has 0 aromatic heterocycles. The number of benzene rings is 2. The second kappa shape index (κ2) is 4.33. The van der Waals surface area contributed by atoms with E-state index in [2.05, 4.69) is 5.32 Å². The van der Waals surface area contributed by atoms with Crippen molar-refractivity contribution in [3.8, 4) is 5.75 Å². The molecule has 1 saturated heterocycles. The number of hydrogen-bond acceptors (Lipinski definition) is 3. The largest absolute Gasteiger partial charge is 0.497 e. The molecule has 0 aliphatic carbocycles. The number of nitrogens with one attached hydrogen (secondary N) is 1. The van der Waals surface area contributed by atoms with Gasteiger partial charge in [0, 0.05) is 24.2 Å². The third kappa shape index (κ3) is 1.51. The summed E-state index contributed by atoms with van der Waals surface area (Å²) in [6.45, 7) is 1.52. The number of ether oxygens (including phenoxy) is 1. The van der Waals surface area contributed by atoms with Crippen molar-refractivity contribution >= 4 is 5.91 Å². The summed E-state index contributed by atoms with van der Waals surface area (Å²) >= 11 is 0. The van der Waals surface area contributed by atoms with Gasteiger partial charge in [0.25, 0.3) is 5.91 Å². The van der Waals surface area contributed by atoms with E-state index < -0.39 is 5.66 Å². The second-order valence-electron chi connectivity index (χ2n) is 5.37. The van der Waals surface area contributed by atoms with Gasteiger partial charge in [-0.25, -0.2) is 0 Å². The van der Waals surface area contributed by atoms with Crippen LogP contribution in [0.3, 0.4) is 0 Å². The zero-order valence-electron chi connectivity index (χ0n) is 11.8. The van der Waals surface area contributed by atoms with E-state index in [1.807, 2.05) is 53.4 Å². The van der Waals surface area contributed by atoms with Crippen LogP contribution >= 0.6 is 0 Å². The zero-order chi connectivity index (χ0) is 14.4. The van der Waals surface area contributed by atoms with Crippen LogP contribution in [-0.2, 0) is 5.66 Å². The van der Waals surface area contributed by atoms with Gasteiger partial charge in [-0.1, -0.05) is 30.3 Å². The molecule has 4 heteroatoms. The maximum absolute atomic E-state index is 12.6. The smallest absolute Gasteiger partial charge is 0.256 e. The number of methoxy groups -OCH3 is 1. The molecule has 4 nitrogen and oxygen atoms in total. The van der Waals surface area contributed by atoms with E-state index >= 15 is 0 Å². The maximum Gasteiger partial charge on any atom is 0.256 e. The lowest BCUT2D eigenvalue weighted by atomic mass is 9.91. The van der Waals surface area contributed by atoms with E-state index in [-0.39, 0.29) is 5.91 Å². The molecule has 21 heavy (non-hydrogen) atoms. The summed E-state index contributed by atoms with van der Waals surface area (Å²) in [5, 5.41) is 3.54.